The molecule has 1 aliphatic carbocycles. The lowest BCUT2D eigenvalue weighted by molar-refractivity contribution is -0.141. The first-order valence-electron chi connectivity index (χ1n) is 6.31. The van der Waals surface area contributed by atoms with Crippen LogP contribution in [0.1, 0.15) is 41.9 Å². The van der Waals surface area contributed by atoms with Gasteiger partial charge >= 0.3 is 6.18 Å². The predicted molar refractivity (Wildman–Crippen MR) is 68.8 cm³/mol. The summed E-state index contributed by atoms with van der Waals surface area (Å²) in [6.07, 6.45) is -0.651. The fourth-order valence-corrected chi connectivity index (χ4v) is 2.41. The van der Waals surface area contributed by atoms with Crippen molar-refractivity contribution in [1.29, 1.82) is 0 Å². The van der Waals surface area contributed by atoms with Crippen LogP contribution in [0.15, 0.2) is 24.7 Å². The number of hydrogen-bond acceptors (Lipinski definition) is 3. The number of alkyl halides is 3. The second-order valence-electron chi connectivity index (χ2n) is 4.93. The summed E-state index contributed by atoms with van der Waals surface area (Å²) in [7, 11) is 0. The van der Waals surface area contributed by atoms with E-state index in [0.717, 1.165) is 25.0 Å². The van der Waals surface area contributed by atoms with Gasteiger partial charge in [-0.1, -0.05) is 17.7 Å². The van der Waals surface area contributed by atoms with E-state index in [1.54, 1.807) is 6.33 Å². The van der Waals surface area contributed by atoms with Gasteiger partial charge in [-0.15, -0.1) is 0 Å². The molecular weight excluding hydrogens is 307 g/mol. The van der Waals surface area contributed by atoms with Crippen molar-refractivity contribution in [2.24, 2.45) is 0 Å². The van der Waals surface area contributed by atoms with Crippen molar-refractivity contribution in [2.45, 2.75) is 31.2 Å². The average Bonchev–Trinajstić information content (AvgIpc) is 3.14. The maximum Gasteiger partial charge on any atom is 0.433 e. The minimum absolute atomic E-state index is 0.132. The highest BCUT2D eigenvalue weighted by Gasteiger charge is 2.34. The summed E-state index contributed by atoms with van der Waals surface area (Å²) in [5.41, 5.74) is -0.452. The largest absolute Gasteiger partial charge is 0.433 e. The Hall–Kier alpha value is -1.60. The van der Waals surface area contributed by atoms with E-state index in [4.69, 9.17) is 11.6 Å². The van der Waals surface area contributed by atoms with Gasteiger partial charge < -0.3 is 9.67 Å². The Balaban J connectivity index is 1.94. The van der Waals surface area contributed by atoms with Gasteiger partial charge in [-0.25, -0.2) is 9.97 Å². The minimum Gasteiger partial charge on any atom is -0.382 e. The average molecular weight is 318 g/mol. The predicted octanol–water partition coefficient (Wildman–Crippen LogP) is 3.37. The van der Waals surface area contributed by atoms with Gasteiger partial charge in [0.1, 0.15) is 17.0 Å². The van der Waals surface area contributed by atoms with Gasteiger partial charge in [0.25, 0.3) is 0 Å². The third kappa shape index (κ3) is 2.75. The van der Waals surface area contributed by atoms with Crippen molar-refractivity contribution in [2.75, 3.05) is 0 Å². The molecule has 0 aliphatic heterocycles. The first kappa shape index (κ1) is 14.3. The van der Waals surface area contributed by atoms with Crippen LogP contribution in [0, 0.1) is 0 Å². The van der Waals surface area contributed by atoms with Crippen molar-refractivity contribution < 1.29 is 18.3 Å². The van der Waals surface area contributed by atoms with E-state index in [1.165, 1.54) is 6.20 Å². The fourth-order valence-electron chi connectivity index (χ4n) is 2.15. The second-order valence-corrected chi connectivity index (χ2v) is 5.29. The molecule has 1 unspecified atom stereocenters. The summed E-state index contributed by atoms with van der Waals surface area (Å²) in [6, 6.07) is 2.24. The number of hydrogen-bond donors (Lipinski definition) is 1. The number of rotatable bonds is 3. The van der Waals surface area contributed by atoms with Gasteiger partial charge in [-0.3, -0.25) is 0 Å². The van der Waals surface area contributed by atoms with Crippen molar-refractivity contribution in [3.8, 4) is 0 Å². The Morgan fingerprint density at radius 2 is 2.05 bits per heavy atom. The van der Waals surface area contributed by atoms with E-state index in [2.05, 4.69) is 9.97 Å². The second kappa shape index (κ2) is 4.99. The molecule has 21 heavy (non-hydrogen) atoms. The van der Waals surface area contributed by atoms with E-state index in [-0.39, 0.29) is 10.7 Å². The van der Waals surface area contributed by atoms with Crippen molar-refractivity contribution in [3.05, 3.63) is 46.8 Å². The van der Waals surface area contributed by atoms with Crippen LogP contribution in [0.5, 0.6) is 0 Å². The van der Waals surface area contributed by atoms with E-state index in [0.29, 0.717) is 11.7 Å². The normalized spacial score (nSPS) is 17.0. The fraction of sp³-hybridized carbons (Fsp3) is 0.385. The molecular formula is C13H11ClF3N3O. The smallest absolute Gasteiger partial charge is 0.382 e. The highest BCUT2D eigenvalue weighted by atomic mass is 35.5. The molecule has 8 heteroatoms. The Labute approximate surface area is 123 Å². The van der Waals surface area contributed by atoms with Crippen molar-refractivity contribution in [1.82, 2.24) is 14.5 Å². The zero-order valence-corrected chi connectivity index (χ0v) is 11.4. The summed E-state index contributed by atoms with van der Waals surface area (Å²) in [6.45, 7) is 0. The molecule has 2 aromatic heterocycles. The van der Waals surface area contributed by atoms with Crippen molar-refractivity contribution in [3.63, 3.8) is 0 Å². The molecule has 0 spiro atoms. The van der Waals surface area contributed by atoms with Crippen molar-refractivity contribution >= 4 is 11.6 Å². The van der Waals surface area contributed by atoms with Gasteiger partial charge in [0.2, 0.25) is 0 Å². The molecule has 1 aliphatic rings. The minimum atomic E-state index is -4.57. The summed E-state index contributed by atoms with van der Waals surface area (Å²) >= 11 is 5.79. The maximum absolute atomic E-state index is 12.6. The molecule has 3 rings (SSSR count). The summed E-state index contributed by atoms with van der Waals surface area (Å²) < 4.78 is 39.5. The number of halogens is 4. The van der Waals surface area contributed by atoms with Crippen LogP contribution in [-0.2, 0) is 6.18 Å². The Kier molecular flexibility index (Phi) is 3.41. The number of aliphatic hydroxyl groups excluding tert-OH is 1. The molecule has 0 radical (unpaired) electrons. The molecule has 2 heterocycles. The maximum atomic E-state index is 12.6. The number of pyridine rings is 1. The summed E-state index contributed by atoms with van der Waals surface area (Å²) in [5.74, 6) is 0. The van der Waals surface area contributed by atoms with Crippen LogP contribution in [0.3, 0.4) is 0 Å². The van der Waals surface area contributed by atoms with Gasteiger partial charge in [-0.05, 0) is 18.9 Å². The number of aliphatic hydroxyl groups is 1. The lowest BCUT2D eigenvalue weighted by Gasteiger charge is -2.15. The van der Waals surface area contributed by atoms with Gasteiger partial charge in [0.05, 0.1) is 18.2 Å². The third-order valence-corrected chi connectivity index (χ3v) is 3.68. The van der Waals surface area contributed by atoms with E-state index < -0.39 is 18.0 Å². The molecule has 112 valence electrons. The Morgan fingerprint density at radius 3 is 2.62 bits per heavy atom. The highest BCUT2D eigenvalue weighted by Crippen LogP contribution is 2.39. The van der Waals surface area contributed by atoms with E-state index in [1.807, 2.05) is 4.57 Å². The van der Waals surface area contributed by atoms with Crippen LogP contribution >= 0.6 is 11.6 Å². The number of aromatic nitrogens is 3. The standard InChI is InChI=1S/C13H11ClF3N3O/c14-12-8(3-4-10(19-12)13(15,16)17)11(21)9-5-18-6-20(9)7-1-2-7/h3-7,11,21H,1-2H2. The molecule has 0 amide bonds. The first-order valence-corrected chi connectivity index (χ1v) is 6.69. The van der Waals surface area contributed by atoms with Crippen LogP contribution < -0.4 is 0 Å². The van der Waals surface area contributed by atoms with E-state index >= 15 is 0 Å². The molecule has 4 nitrogen and oxygen atoms in total. The monoisotopic (exact) mass is 317 g/mol. The molecule has 1 saturated carbocycles. The highest BCUT2D eigenvalue weighted by molar-refractivity contribution is 6.30. The molecule has 0 saturated heterocycles. The van der Waals surface area contributed by atoms with Gasteiger partial charge in [0, 0.05) is 11.6 Å². The molecule has 2 aromatic rings. The molecule has 0 aromatic carbocycles. The summed E-state index contributed by atoms with van der Waals surface area (Å²) in [5, 5.41) is 9.99. The topological polar surface area (TPSA) is 50.9 Å². The Morgan fingerprint density at radius 1 is 1.33 bits per heavy atom. The molecule has 0 bridgehead atoms. The first-order chi connectivity index (χ1) is 9.88. The third-order valence-electron chi connectivity index (χ3n) is 3.38. The Bertz CT molecular complexity index is 667. The molecule has 1 N–H and O–H groups in total. The molecule has 1 fully saturated rings. The van der Waals surface area contributed by atoms with Crippen LogP contribution in [0.25, 0.3) is 0 Å². The quantitative estimate of drug-likeness (QED) is 0.883. The van der Waals surface area contributed by atoms with Crippen LogP contribution in [-0.4, -0.2) is 19.6 Å². The zero-order valence-electron chi connectivity index (χ0n) is 10.7. The lowest BCUT2D eigenvalue weighted by Crippen LogP contribution is -2.12. The zero-order chi connectivity index (χ0) is 15.2. The molecule has 1 atom stereocenters. The number of nitrogens with zero attached hydrogens (tertiary/aromatic N) is 3. The van der Waals surface area contributed by atoms with E-state index in [9.17, 15) is 18.3 Å². The lowest BCUT2D eigenvalue weighted by atomic mass is 10.1. The summed E-state index contributed by atoms with van der Waals surface area (Å²) in [4.78, 5) is 7.29. The SMILES string of the molecule is OC(c1ccc(C(F)(F)F)nc1Cl)c1cncn1C1CC1. The van der Waals surface area contributed by atoms with Gasteiger partial charge in [-0.2, -0.15) is 13.2 Å². The van der Waals surface area contributed by atoms with Crippen LogP contribution in [0.4, 0.5) is 13.2 Å². The van der Waals surface area contributed by atoms with Crippen LogP contribution in [0.2, 0.25) is 5.15 Å². The number of imidazole rings is 1. The van der Waals surface area contributed by atoms with Gasteiger partial charge in [0.15, 0.2) is 0 Å².